The fraction of sp³-hybridized carbons (Fsp3) is 0.200. The Balaban J connectivity index is 2.08. The van der Waals surface area contributed by atoms with Crippen molar-refractivity contribution in [1.29, 1.82) is 0 Å². The normalized spacial score (nSPS) is 10.9. The SMILES string of the molecule is COc1cc(CSC)ccc1-c1nc2cnccc2[nH]1. The fourth-order valence-corrected chi connectivity index (χ4v) is 2.69. The Hall–Kier alpha value is -2.01. The van der Waals surface area contributed by atoms with Gasteiger partial charge in [-0.2, -0.15) is 11.8 Å². The first kappa shape index (κ1) is 13.0. The predicted molar refractivity (Wildman–Crippen MR) is 83.1 cm³/mol. The van der Waals surface area contributed by atoms with Crippen LogP contribution in [0.1, 0.15) is 5.56 Å². The van der Waals surface area contributed by atoms with Gasteiger partial charge in [0.1, 0.15) is 17.1 Å². The van der Waals surface area contributed by atoms with Crippen LogP contribution in [-0.4, -0.2) is 28.3 Å². The summed E-state index contributed by atoms with van der Waals surface area (Å²) in [7, 11) is 1.69. The lowest BCUT2D eigenvalue weighted by Crippen LogP contribution is -1.91. The van der Waals surface area contributed by atoms with Crippen molar-refractivity contribution in [2.24, 2.45) is 0 Å². The van der Waals surface area contributed by atoms with Gasteiger partial charge in [0.05, 0.1) is 24.4 Å². The van der Waals surface area contributed by atoms with Crippen molar-refractivity contribution in [2.45, 2.75) is 5.75 Å². The summed E-state index contributed by atoms with van der Waals surface area (Å²) in [6, 6.07) is 8.15. The molecule has 0 spiro atoms. The highest BCUT2D eigenvalue weighted by molar-refractivity contribution is 7.97. The van der Waals surface area contributed by atoms with Gasteiger partial charge < -0.3 is 9.72 Å². The lowest BCUT2D eigenvalue weighted by atomic mass is 10.1. The lowest BCUT2D eigenvalue weighted by molar-refractivity contribution is 0.416. The van der Waals surface area contributed by atoms with Crippen LogP contribution < -0.4 is 4.74 Å². The van der Waals surface area contributed by atoms with E-state index in [1.165, 1.54) is 5.56 Å². The Morgan fingerprint density at radius 3 is 2.95 bits per heavy atom. The van der Waals surface area contributed by atoms with Crippen LogP contribution in [0.3, 0.4) is 0 Å². The molecular weight excluding hydrogens is 270 g/mol. The van der Waals surface area contributed by atoms with Gasteiger partial charge in [0.15, 0.2) is 0 Å². The molecule has 1 N–H and O–H groups in total. The van der Waals surface area contributed by atoms with Crippen molar-refractivity contribution in [2.75, 3.05) is 13.4 Å². The maximum absolute atomic E-state index is 5.50. The lowest BCUT2D eigenvalue weighted by Gasteiger charge is -2.08. The number of hydrogen-bond donors (Lipinski definition) is 1. The van der Waals surface area contributed by atoms with E-state index in [0.717, 1.165) is 33.9 Å². The molecule has 102 valence electrons. The van der Waals surface area contributed by atoms with Crippen molar-refractivity contribution in [3.63, 3.8) is 0 Å². The standard InChI is InChI=1S/C15H15N3OS/c1-19-14-7-10(9-20-2)3-4-11(14)15-17-12-5-6-16-8-13(12)18-15/h3-8H,9H2,1-2H3,(H,17,18). The van der Waals surface area contributed by atoms with Crippen LogP contribution in [0.25, 0.3) is 22.4 Å². The number of rotatable bonds is 4. The molecule has 0 aliphatic rings. The first-order chi connectivity index (χ1) is 9.81. The third kappa shape index (κ3) is 2.36. The molecule has 0 amide bonds. The summed E-state index contributed by atoms with van der Waals surface area (Å²) in [5, 5.41) is 0. The van der Waals surface area contributed by atoms with Crippen LogP contribution >= 0.6 is 11.8 Å². The van der Waals surface area contributed by atoms with Crippen molar-refractivity contribution in [1.82, 2.24) is 15.0 Å². The molecule has 0 aliphatic heterocycles. The van der Waals surface area contributed by atoms with E-state index >= 15 is 0 Å². The summed E-state index contributed by atoms with van der Waals surface area (Å²) in [6.07, 6.45) is 5.60. The van der Waals surface area contributed by atoms with Crippen LogP contribution in [0, 0.1) is 0 Å². The minimum absolute atomic E-state index is 0.806. The molecule has 3 aromatic rings. The number of thioether (sulfide) groups is 1. The molecule has 0 fully saturated rings. The number of methoxy groups -OCH3 is 1. The summed E-state index contributed by atoms with van der Waals surface area (Å²) in [5.74, 6) is 2.62. The second-order valence-corrected chi connectivity index (χ2v) is 5.31. The summed E-state index contributed by atoms with van der Waals surface area (Å²) < 4.78 is 5.50. The van der Waals surface area contributed by atoms with Gasteiger partial charge in [-0.15, -0.1) is 0 Å². The van der Waals surface area contributed by atoms with Crippen molar-refractivity contribution in [3.05, 3.63) is 42.2 Å². The predicted octanol–water partition coefficient (Wildman–Crippen LogP) is 3.50. The highest BCUT2D eigenvalue weighted by atomic mass is 32.2. The van der Waals surface area contributed by atoms with E-state index in [2.05, 4.69) is 39.4 Å². The van der Waals surface area contributed by atoms with Crippen LogP contribution in [-0.2, 0) is 5.75 Å². The zero-order valence-electron chi connectivity index (χ0n) is 11.4. The van der Waals surface area contributed by atoms with Crippen molar-refractivity contribution in [3.8, 4) is 17.1 Å². The Labute approximate surface area is 121 Å². The number of benzene rings is 1. The maximum atomic E-state index is 5.50. The molecule has 0 atom stereocenters. The average molecular weight is 285 g/mol. The molecule has 4 nitrogen and oxygen atoms in total. The Kier molecular flexibility index (Phi) is 3.60. The number of nitrogens with one attached hydrogen (secondary N) is 1. The number of imidazole rings is 1. The number of aromatic amines is 1. The number of pyridine rings is 1. The van der Waals surface area contributed by atoms with Crippen LogP contribution in [0.15, 0.2) is 36.7 Å². The molecular formula is C15H15N3OS. The molecule has 2 aromatic heterocycles. The molecule has 2 heterocycles. The number of H-pyrrole nitrogens is 1. The van der Waals surface area contributed by atoms with Gasteiger partial charge in [0.25, 0.3) is 0 Å². The number of nitrogens with zero attached hydrogens (tertiary/aromatic N) is 2. The molecule has 0 radical (unpaired) electrons. The summed E-state index contributed by atoms with van der Waals surface area (Å²) in [4.78, 5) is 12.0. The Bertz CT molecular complexity index is 706. The number of fused-ring (bicyclic) bond motifs is 1. The van der Waals surface area contributed by atoms with Crippen LogP contribution in [0.5, 0.6) is 5.75 Å². The zero-order chi connectivity index (χ0) is 13.9. The molecule has 0 aliphatic carbocycles. The third-order valence-corrected chi connectivity index (χ3v) is 3.74. The first-order valence-corrected chi connectivity index (χ1v) is 7.67. The minimum atomic E-state index is 0.806. The maximum Gasteiger partial charge on any atom is 0.142 e. The molecule has 5 heteroatoms. The second kappa shape index (κ2) is 5.54. The molecule has 3 rings (SSSR count). The number of aromatic nitrogens is 3. The number of hydrogen-bond acceptors (Lipinski definition) is 4. The van der Waals surface area contributed by atoms with Crippen molar-refractivity contribution < 1.29 is 4.74 Å². The van der Waals surface area contributed by atoms with E-state index < -0.39 is 0 Å². The van der Waals surface area contributed by atoms with Gasteiger partial charge in [0.2, 0.25) is 0 Å². The molecule has 0 saturated carbocycles. The first-order valence-electron chi connectivity index (χ1n) is 6.28. The second-order valence-electron chi connectivity index (χ2n) is 4.45. The van der Waals surface area contributed by atoms with E-state index in [0.29, 0.717) is 0 Å². The monoisotopic (exact) mass is 285 g/mol. The minimum Gasteiger partial charge on any atom is -0.496 e. The summed E-state index contributed by atoms with van der Waals surface area (Å²) in [5.41, 5.74) is 4.05. The van der Waals surface area contributed by atoms with Crippen LogP contribution in [0.2, 0.25) is 0 Å². The average Bonchev–Trinajstić information content (AvgIpc) is 2.91. The fourth-order valence-electron chi connectivity index (χ4n) is 2.17. The smallest absolute Gasteiger partial charge is 0.142 e. The van der Waals surface area contributed by atoms with Gasteiger partial charge in [-0.05, 0) is 30.0 Å². The highest BCUT2D eigenvalue weighted by Crippen LogP contribution is 2.31. The van der Waals surface area contributed by atoms with E-state index in [1.54, 1.807) is 31.3 Å². The zero-order valence-corrected chi connectivity index (χ0v) is 12.2. The largest absolute Gasteiger partial charge is 0.496 e. The molecule has 0 bridgehead atoms. The van der Waals surface area contributed by atoms with E-state index in [9.17, 15) is 0 Å². The molecule has 20 heavy (non-hydrogen) atoms. The van der Waals surface area contributed by atoms with Crippen LogP contribution in [0.4, 0.5) is 0 Å². The van der Waals surface area contributed by atoms with Crippen molar-refractivity contribution >= 4 is 22.8 Å². The quantitative estimate of drug-likeness (QED) is 0.797. The third-order valence-electron chi connectivity index (χ3n) is 3.12. The Morgan fingerprint density at radius 1 is 1.30 bits per heavy atom. The van der Waals surface area contributed by atoms with Gasteiger partial charge >= 0.3 is 0 Å². The Morgan fingerprint density at radius 2 is 2.20 bits per heavy atom. The molecule has 0 unspecified atom stereocenters. The number of ether oxygens (including phenoxy) is 1. The van der Waals surface area contributed by atoms with E-state index in [4.69, 9.17) is 4.74 Å². The molecule has 0 saturated heterocycles. The van der Waals surface area contributed by atoms with E-state index in [-0.39, 0.29) is 0 Å². The topological polar surface area (TPSA) is 50.8 Å². The summed E-state index contributed by atoms with van der Waals surface area (Å²) >= 11 is 1.79. The van der Waals surface area contributed by atoms with Gasteiger partial charge in [0, 0.05) is 11.9 Å². The highest BCUT2D eigenvalue weighted by Gasteiger charge is 2.11. The summed E-state index contributed by atoms with van der Waals surface area (Å²) in [6.45, 7) is 0. The van der Waals surface area contributed by atoms with Gasteiger partial charge in [-0.25, -0.2) is 4.98 Å². The van der Waals surface area contributed by atoms with E-state index in [1.807, 2.05) is 6.07 Å². The molecule has 1 aromatic carbocycles. The van der Waals surface area contributed by atoms with Gasteiger partial charge in [-0.3, -0.25) is 4.98 Å². The van der Waals surface area contributed by atoms with Gasteiger partial charge in [-0.1, -0.05) is 6.07 Å².